The van der Waals surface area contributed by atoms with Crippen LogP contribution in [-0.2, 0) is 4.79 Å². The summed E-state index contributed by atoms with van der Waals surface area (Å²) in [6.45, 7) is 2.09. The molecule has 1 aromatic heterocycles. The van der Waals surface area contributed by atoms with Crippen molar-refractivity contribution in [3.05, 3.63) is 89.1 Å². The van der Waals surface area contributed by atoms with Crippen LogP contribution in [0.25, 0.3) is 11.0 Å². The van der Waals surface area contributed by atoms with Crippen LogP contribution in [0.1, 0.15) is 23.0 Å². The minimum absolute atomic E-state index is 0.0134. The number of nitrogens with one attached hydrogen (secondary N) is 1. The number of hydrogen-bond acceptors (Lipinski definition) is 5. The molecule has 0 fully saturated rings. The van der Waals surface area contributed by atoms with Gasteiger partial charge in [0.05, 0.1) is 17.3 Å². The van der Waals surface area contributed by atoms with Gasteiger partial charge >= 0.3 is 0 Å². The Kier molecular flexibility index (Phi) is 6.42. The predicted octanol–water partition coefficient (Wildman–Crippen LogP) is 5.73. The van der Waals surface area contributed by atoms with E-state index in [0.29, 0.717) is 39.7 Å². The van der Waals surface area contributed by atoms with Gasteiger partial charge in [0.1, 0.15) is 17.1 Å². The SMILES string of the molecule is CCOc1ccc(C(=O)c2oc3ccccc3c2NC(=O)COc2ccccc2)cc1Cl. The average Bonchev–Trinajstić information content (AvgIpc) is 3.17. The molecule has 32 heavy (non-hydrogen) atoms. The molecule has 0 unspecified atom stereocenters. The summed E-state index contributed by atoms with van der Waals surface area (Å²) in [7, 11) is 0. The van der Waals surface area contributed by atoms with Gasteiger partial charge in [-0.15, -0.1) is 0 Å². The smallest absolute Gasteiger partial charge is 0.262 e. The Balaban J connectivity index is 1.62. The molecule has 6 nitrogen and oxygen atoms in total. The number of ketones is 1. The molecule has 1 amide bonds. The first kappa shape index (κ1) is 21.5. The van der Waals surface area contributed by atoms with Crippen molar-refractivity contribution < 1.29 is 23.5 Å². The second-order valence-corrected chi connectivity index (χ2v) is 7.27. The van der Waals surface area contributed by atoms with Crippen molar-refractivity contribution in [2.75, 3.05) is 18.5 Å². The molecule has 0 saturated heterocycles. The van der Waals surface area contributed by atoms with E-state index < -0.39 is 11.7 Å². The van der Waals surface area contributed by atoms with E-state index in [2.05, 4.69) is 5.32 Å². The fraction of sp³-hybridized carbons (Fsp3) is 0.120. The largest absolute Gasteiger partial charge is 0.492 e. The molecule has 1 N–H and O–H groups in total. The first-order valence-corrected chi connectivity index (χ1v) is 10.4. The molecule has 0 aliphatic carbocycles. The Bertz CT molecular complexity index is 1270. The molecule has 0 saturated carbocycles. The highest BCUT2D eigenvalue weighted by molar-refractivity contribution is 6.32. The van der Waals surface area contributed by atoms with E-state index in [1.807, 2.05) is 25.1 Å². The van der Waals surface area contributed by atoms with Gasteiger partial charge in [-0.2, -0.15) is 0 Å². The lowest BCUT2D eigenvalue weighted by Gasteiger charge is -2.09. The zero-order valence-corrected chi connectivity index (χ0v) is 18.0. The molecule has 0 radical (unpaired) electrons. The number of anilines is 1. The number of amides is 1. The summed E-state index contributed by atoms with van der Waals surface area (Å²) in [6.07, 6.45) is 0. The summed E-state index contributed by atoms with van der Waals surface area (Å²) < 4.78 is 16.8. The number of rotatable bonds is 8. The number of ether oxygens (including phenoxy) is 2. The summed E-state index contributed by atoms with van der Waals surface area (Å²) in [5.41, 5.74) is 1.08. The van der Waals surface area contributed by atoms with Crippen LogP contribution < -0.4 is 14.8 Å². The maximum atomic E-state index is 13.2. The van der Waals surface area contributed by atoms with E-state index in [0.717, 1.165) is 0 Å². The van der Waals surface area contributed by atoms with Gasteiger partial charge in [0, 0.05) is 10.9 Å². The summed E-state index contributed by atoms with van der Waals surface area (Å²) >= 11 is 6.25. The number of halogens is 1. The average molecular weight is 450 g/mol. The van der Waals surface area contributed by atoms with Crippen molar-refractivity contribution in [3.8, 4) is 11.5 Å². The molecular formula is C25H20ClNO5. The van der Waals surface area contributed by atoms with Crippen LogP contribution in [0.5, 0.6) is 11.5 Å². The summed E-state index contributed by atoms with van der Waals surface area (Å²) in [5.74, 6) is 0.242. The molecule has 3 aromatic carbocycles. The van der Waals surface area contributed by atoms with E-state index in [9.17, 15) is 9.59 Å². The Morgan fingerprint density at radius 2 is 1.72 bits per heavy atom. The third-order valence-electron chi connectivity index (χ3n) is 4.67. The standard InChI is InChI=1S/C25H20ClNO5/c1-2-30-21-13-12-16(14-19(21)26)24(29)25-23(18-10-6-7-11-20(18)32-25)27-22(28)15-31-17-8-4-3-5-9-17/h3-14H,2,15H2,1H3,(H,27,28). The number of fused-ring (bicyclic) bond motifs is 1. The maximum Gasteiger partial charge on any atom is 0.262 e. The number of para-hydroxylation sites is 2. The topological polar surface area (TPSA) is 77.8 Å². The van der Waals surface area contributed by atoms with Crippen molar-refractivity contribution in [2.45, 2.75) is 6.92 Å². The Morgan fingerprint density at radius 3 is 2.47 bits per heavy atom. The lowest BCUT2D eigenvalue weighted by Crippen LogP contribution is -2.21. The van der Waals surface area contributed by atoms with Crippen molar-refractivity contribution in [3.63, 3.8) is 0 Å². The van der Waals surface area contributed by atoms with Crippen LogP contribution in [0.2, 0.25) is 5.02 Å². The zero-order valence-electron chi connectivity index (χ0n) is 17.3. The van der Waals surface area contributed by atoms with Gasteiger partial charge in [-0.25, -0.2) is 0 Å². The number of carbonyl (C=O) groups excluding carboxylic acids is 2. The molecule has 0 aliphatic rings. The van der Waals surface area contributed by atoms with Crippen molar-refractivity contribution in [2.24, 2.45) is 0 Å². The van der Waals surface area contributed by atoms with Crippen LogP contribution in [0.3, 0.4) is 0 Å². The van der Waals surface area contributed by atoms with Crippen molar-refractivity contribution in [1.29, 1.82) is 0 Å². The van der Waals surface area contributed by atoms with E-state index in [1.54, 1.807) is 48.5 Å². The van der Waals surface area contributed by atoms with E-state index in [1.165, 1.54) is 6.07 Å². The van der Waals surface area contributed by atoms with Gasteiger partial charge in [0.15, 0.2) is 12.4 Å². The van der Waals surface area contributed by atoms with Crippen molar-refractivity contribution in [1.82, 2.24) is 0 Å². The van der Waals surface area contributed by atoms with E-state index in [4.69, 9.17) is 25.5 Å². The van der Waals surface area contributed by atoms with Crippen LogP contribution >= 0.6 is 11.6 Å². The number of hydrogen-bond donors (Lipinski definition) is 1. The highest BCUT2D eigenvalue weighted by atomic mass is 35.5. The van der Waals surface area contributed by atoms with Gasteiger partial charge in [-0.1, -0.05) is 41.9 Å². The van der Waals surface area contributed by atoms with E-state index >= 15 is 0 Å². The van der Waals surface area contributed by atoms with E-state index in [-0.39, 0.29) is 18.1 Å². The fourth-order valence-corrected chi connectivity index (χ4v) is 3.45. The third-order valence-corrected chi connectivity index (χ3v) is 4.97. The normalized spacial score (nSPS) is 10.7. The molecule has 4 rings (SSSR count). The minimum atomic E-state index is -0.417. The first-order valence-electron chi connectivity index (χ1n) is 10.0. The fourth-order valence-electron chi connectivity index (χ4n) is 3.22. The molecule has 162 valence electrons. The molecule has 4 aromatic rings. The highest BCUT2D eigenvalue weighted by Crippen LogP contribution is 2.34. The second-order valence-electron chi connectivity index (χ2n) is 6.86. The van der Waals surface area contributed by atoms with Gasteiger partial charge < -0.3 is 19.2 Å². The Labute approximate surface area is 189 Å². The third kappa shape index (κ3) is 4.60. The molecule has 0 spiro atoms. The van der Waals surface area contributed by atoms with Crippen LogP contribution in [-0.4, -0.2) is 24.9 Å². The van der Waals surface area contributed by atoms with Crippen molar-refractivity contribution >= 4 is 39.9 Å². The zero-order chi connectivity index (χ0) is 22.5. The molecule has 1 heterocycles. The minimum Gasteiger partial charge on any atom is -0.492 e. The van der Waals surface area contributed by atoms with Gasteiger partial charge in [0.2, 0.25) is 5.78 Å². The lowest BCUT2D eigenvalue weighted by atomic mass is 10.1. The predicted molar refractivity (Wildman–Crippen MR) is 123 cm³/mol. The molecule has 0 aliphatic heterocycles. The molecule has 0 atom stereocenters. The highest BCUT2D eigenvalue weighted by Gasteiger charge is 2.24. The quantitative estimate of drug-likeness (QED) is 0.347. The molecule has 7 heteroatoms. The Morgan fingerprint density at radius 1 is 0.969 bits per heavy atom. The maximum absolute atomic E-state index is 13.2. The van der Waals surface area contributed by atoms with Crippen LogP contribution in [0, 0.1) is 0 Å². The molecule has 0 bridgehead atoms. The Hall–Kier alpha value is -3.77. The first-order chi connectivity index (χ1) is 15.6. The number of benzene rings is 3. The second kappa shape index (κ2) is 9.58. The summed E-state index contributed by atoms with van der Waals surface area (Å²) in [4.78, 5) is 25.8. The number of furan rings is 1. The van der Waals surface area contributed by atoms with Crippen LogP contribution in [0.15, 0.2) is 77.2 Å². The van der Waals surface area contributed by atoms with Gasteiger partial charge in [0.25, 0.3) is 5.91 Å². The number of carbonyl (C=O) groups is 2. The summed E-state index contributed by atoms with van der Waals surface area (Å²) in [6, 6.07) is 20.9. The van der Waals surface area contributed by atoms with Gasteiger partial charge in [-0.05, 0) is 49.4 Å². The lowest BCUT2D eigenvalue weighted by molar-refractivity contribution is -0.118. The van der Waals surface area contributed by atoms with Crippen LogP contribution in [0.4, 0.5) is 5.69 Å². The van der Waals surface area contributed by atoms with Gasteiger partial charge in [-0.3, -0.25) is 9.59 Å². The summed E-state index contributed by atoms with van der Waals surface area (Å²) in [5, 5.41) is 3.69. The monoisotopic (exact) mass is 449 g/mol. The molecular weight excluding hydrogens is 430 g/mol.